The molecule has 1 atom stereocenters. The Balaban J connectivity index is 0.000000633. The number of nitrogens with one attached hydrogen (secondary N) is 2. The SMILES string of the molecule is CCC(=O)CCCCC[C@H](NC(=O)Cc1c(C)[nH]c2ccc(OC)cc12)C1=NC=C(c2ccc([NH2+]N(C)C)cc2)[NH2+]1.O=C([O-])C(F)(F)F.O=C([O-])C(F)(F)F. The number of hydrogen-bond donors (Lipinski definition) is 4. The lowest BCUT2D eigenvalue weighted by molar-refractivity contribution is -0.726. The van der Waals surface area contributed by atoms with E-state index in [9.17, 15) is 35.9 Å². The number of H-pyrrole nitrogens is 1. The van der Waals surface area contributed by atoms with Crippen LogP contribution in [0.5, 0.6) is 5.75 Å². The van der Waals surface area contributed by atoms with Crippen molar-refractivity contribution in [2.75, 3.05) is 21.2 Å². The number of quaternary nitrogens is 2. The van der Waals surface area contributed by atoms with Crippen LogP contribution in [0.15, 0.2) is 53.7 Å². The summed E-state index contributed by atoms with van der Waals surface area (Å²) in [5, 5.41) is 25.9. The van der Waals surface area contributed by atoms with Crippen LogP contribution in [-0.2, 0) is 25.6 Å². The third-order valence-electron chi connectivity index (χ3n) is 7.97. The van der Waals surface area contributed by atoms with Gasteiger partial charge >= 0.3 is 12.4 Å². The highest BCUT2D eigenvalue weighted by Gasteiger charge is 2.30. The molecule has 1 amide bonds. The number of carbonyl (C=O) groups excluding carboxylic acids is 4. The third kappa shape index (κ3) is 15.5. The first-order valence-corrected chi connectivity index (χ1v) is 16.9. The molecule has 0 unspecified atom stereocenters. The minimum Gasteiger partial charge on any atom is -0.542 e. The van der Waals surface area contributed by atoms with Gasteiger partial charge in [-0.15, -0.1) is 0 Å². The monoisotopic (exact) mass is 786 g/mol. The fourth-order valence-electron chi connectivity index (χ4n) is 5.23. The van der Waals surface area contributed by atoms with Crippen LogP contribution in [0.25, 0.3) is 16.6 Å². The van der Waals surface area contributed by atoms with Crippen molar-refractivity contribution >= 4 is 51.8 Å². The van der Waals surface area contributed by atoms with E-state index in [1.54, 1.807) is 7.11 Å². The smallest absolute Gasteiger partial charge is 0.430 e. The number of aliphatic carboxylic acids is 2. The van der Waals surface area contributed by atoms with Gasteiger partial charge in [-0.05, 0) is 55.7 Å². The minimum absolute atomic E-state index is 0.0453. The van der Waals surface area contributed by atoms with Crippen molar-refractivity contribution in [3.05, 3.63) is 65.5 Å². The van der Waals surface area contributed by atoms with E-state index in [0.717, 1.165) is 76.4 Å². The number of hydrogen-bond acceptors (Lipinski definition) is 9. The van der Waals surface area contributed by atoms with E-state index < -0.39 is 24.3 Å². The van der Waals surface area contributed by atoms with E-state index in [1.165, 1.54) is 0 Å². The van der Waals surface area contributed by atoms with Gasteiger partial charge in [0.05, 0.1) is 19.7 Å². The van der Waals surface area contributed by atoms with Crippen molar-refractivity contribution in [1.82, 2.24) is 15.3 Å². The Morgan fingerprint density at radius 1 is 0.964 bits per heavy atom. The first kappa shape index (κ1) is 45.9. The van der Waals surface area contributed by atoms with E-state index >= 15 is 0 Å². The lowest BCUT2D eigenvalue weighted by Gasteiger charge is -2.17. The Bertz CT molecular complexity index is 1810. The summed E-state index contributed by atoms with van der Waals surface area (Å²) in [7, 11) is 5.66. The molecule has 1 aliphatic rings. The summed E-state index contributed by atoms with van der Waals surface area (Å²) in [5.41, 5.74) is 8.26. The molecule has 0 fully saturated rings. The first-order chi connectivity index (χ1) is 25.7. The second-order valence-electron chi connectivity index (χ2n) is 12.5. The number of rotatable bonds is 15. The van der Waals surface area contributed by atoms with Crippen LogP contribution in [0.4, 0.5) is 32.0 Å². The number of aliphatic imine (C=N–C) groups is 1. The number of ketones is 1. The number of alkyl halides is 6. The van der Waals surface area contributed by atoms with Gasteiger partial charge in [0.15, 0.2) is 5.70 Å². The molecule has 1 aromatic heterocycles. The van der Waals surface area contributed by atoms with Crippen molar-refractivity contribution in [3.8, 4) is 5.75 Å². The van der Waals surface area contributed by atoms with Crippen molar-refractivity contribution in [1.29, 1.82) is 0 Å². The summed E-state index contributed by atoms with van der Waals surface area (Å²) in [6, 6.07) is 14.1. The Labute approximate surface area is 312 Å². The zero-order valence-corrected chi connectivity index (χ0v) is 30.8. The molecule has 2 aromatic carbocycles. The number of unbranched alkanes of at least 4 members (excludes halogenated alkanes) is 2. The molecule has 55 heavy (non-hydrogen) atoms. The largest absolute Gasteiger partial charge is 0.542 e. The molecule has 1 aliphatic heterocycles. The van der Waals surface area contributed by atoms with E-state index in [0.29, 0.717) is 18.6 Å². The van der Waals surface area contributed by atoms with Crippen LogP contribution in [-0.4, -0.2) is 79.1 Å². The lowest BCUT2D eigenvalue weighted by Crippen LogP contribution is -2.87. The van der Waals surface area contributed by atoms with Gasteiger partial charge in [-0.2, -0.15) is 31.4 Å². The number of carbonyl (C=O) groups is 4. The number of nitrogens with two attached hydrogens (primary N) is 2. The van der Waals surface area contributed by atoms with Crippen molar-refractivity contribution in [2.45, 2.75) is 77.2 Å². The number of benzene rings is 2. The highest BCUT2D eigenvalue weighted by Crippen LogP contribution is 2.27. The van der Waals surface area contributed by atoms with Crippen LogP contribution in [0, 0.1) is 6.92 Å². The van der Waals surface area contributed by atoms with Gasteiger partial charge < -0.3 is 34.8 Å². The van der Waals surface area contributed by atoms with Crippen molar-refractivity contribution in [2.24, 2.45) is 4.99 Å². The molecule has 0 radical (unpaired) electrons. The maximum absolute atomic E-state index is 13.4. The standard InChI is InChI=1S/C32H42N6O3.2C2HF3O2/c1-6-24(39)10-8-7-9-11-29(32-33-20-30(36-32)22-12-14-23(15-13-22)37-38(3)4)35-31(40)19-26-21(2)34-28-17-16-25(41-5)18-27(26)28;2*3-2(4,5)1(6)7/h12-18,20,29,34,37H,6-11,19H2,1-5H3,(H,33,36)(H,35,40);2*(H,6,7)/t29-;;/m0../s1. The number of carboxylic acid groups (broad SMARTS) is 2. The summed E-state index contributed by atoms with van der Waals surface area (Å²) in [6.07, 6.45) is -3.55. The molecule has 0 bridgehead atoms. The van der Waals surface area contributed by atoms with Crippen LogP contribution in [0.1, 0.15) is 62.3 Å². The molecular formula is C36H44F6N6O7. The summed E-state index contributed by atoms with van der Waals surface area (Å²) in [4.78, 5) is 50.8. The number of carboxylic acids is 2. The highest BCUT2D eigenvalue weighted by molar-refractivity contribution is 5.94. The topological polar surface area (TPSA) is 200 Å². The Morgan fingerprint density at radius 2 is 1.56 bits per heavy atom. The zero-order valence-electron chi connectivity index (χ0n) is 30.8. The molecule has 6 N–H and O–H groups in total. The quantitative estimate of drug-likeness (QED) is 0.0587. The van der Waals surface area contributed by atoms with Gasteiger partial charge in [0.25, 0.3) is 0 Å². The number of aromatic nitrogens is 1. The van der Waals surface area contributed by atoms with Crippen LogP contribution >= 0.6 is 0 Å². The number of amides is 1. The van der Waals surface area contributed by atoms with Crippen LogP contribution < -0.4 is 31.0 Å². The van der Waals surface area contributed by atoms with Crippen LogP contribution in [0.3, 0.4) is 0 Å². The number of aromatic amines is 1. The lowest BCUT2D eigenvalue weighted by atomic mass is 10.0. The second kappa shape index (κ2) is 21.0. The summed E-state index contributed by atoms with van der Waals surface area (Å²) < 4.78 is 68.5. The molecule has 2 heterocycles. The summed E-state index contributed by atoms with van der Waals surface area (Å²) in [6.45, 7) is 3.91. The number of aryl methyl sites for hydroxylation is 1. The predicted octanol–water partition coefficient (Wildman–Crippen LogP) is 1.68. The molecule has 0 saturated heterocycles. The van der Waals surface area contributed by atoms with E-state index in [1.807, 2.05) is 57.4 Å². The average Bonchev–Trinajstić information content (AvgIpc) is 3.71. The summed E-state index contributed by atoms with van der Waals surface area (Å²) >= 11 is 0. The molecule has 19 heteroatoms. The molecule has 0 spiro atoms. The Morgan fingerprint density at radius 3 is 2.09 bits per heavy atom. The van der Waals surface area contributed by atoms with Crippen molar-refractivity contribution < 1.29 is 71.2 Å². The van der Waals surface area contributed by atoms with Gasteiger partial charge in [-0.25, -0.2) is 10.4 Å². The normalized spacial score (nSPS) is 13.2. The zero-order chi connectivity index (χ0) is 41.5. The number of Topliss-reactive ketones (excluding diaryl/α,β-unsaturated/α-hetero) is 1. The average molecular weight is 787 g/mol. The molecule has 0 aliphatic carbocycles. The van der Waals surface area contributed by atoms with Gasteiger partial charge in [0.2, 0.25) is 11.7 Å². The molecule has 302 valence electrons. The number of ether oxygens (including phenoxy) is 1. The summed E-state index contributed by atoms with van der Waals surface area (Å²) in [5.74, 6) is -4.13. The third-order valence-corrected chi connectivity index (χ3v) is 7.97. The molecular weight excluding hydrogens is 742 g/mol. The fraction of sp³-hybridized carbons (Fsp3) is 0.417. The highest BCUT2D eigenvalue weighted by atomic mass is 19.4. The predicted molar refractivity (Wildman–Crippen MR) is 185 cm³/mol. The second-order valence-corrected chi connectivity index (χ2v) is 12.5. The number of amidine groups is 1. The van der Waals surface area contributed by atoms with E-state index in [-0.39, 0.29) is 18.4 Å². The van der Waals surface area contributed by atoms with Crippen LogP contribution in [0.2, 0.25) is 0 Å². The number of fused-ring (bicyclic) bond motifs is 1. The first-order valence-electron chi connectivity index (χ1n) is 16.9. The Kier molecular flexibility index (Phi) is 17.5. The molecule has 3 aromatic rings. The molecule has 4 rings (SSSR count). The van der Waals surface area contributed by atoms with Gasteiger partial charge in [0.1, 0.15) is 35.2 Å². The van der Waals surface area contributed by atoms with Crippen molar-refractivity contribution in [3.63, 3.8) is 0 Å². The van der Waals surface area contributed by atoms with E-state index in [2.05, 4.69) is 45.3 Å². The maximum atomic E-state index is 13.4. The molecule has 13 nitrogen and oxygen atoms in total. The Hall–Kier alpha value is -5.27. The number of halogens is 6. The minimum atomic E-state index is -5.19. The van der Waals surface area contributed by atoms with Gasteiger partial charge in [-0.1, -0.05) is 19.8 Å². The fourth-order valence-corrected chi connectivity index (χ4v) is 5.23. The maximum Gasteiger partial charge on any atom is 0.430 e. The number of methoxy groups -OCH3 is 1. The van der Waals surface area contributed by atoms with Gasteiger partial charge in [0, 0.05) is 61.2 Å². The molecule has 0 saturated carbocycles. The van der Waals surface area contributed by atoms with Gasteiger partial charge in [-0.3, -0.25) is 14.9 Å². The number of nitrogens with zero attached hydrogens (tertiary/aromatic N) is 2. The van der Waals surface area contributed by atoms with E-state index in [4.69, 9.17) is 29.5 Å².